The second kappa shape index (κ2) is 3.94. The van der Waals surface area contributed by atoms with Crippen LogP contribution in [0.2, 0.25) is 0 Å². The van der Waals surface area contributed by atoms with Gasteiger partial charge in [-0.1, -0.05) is 39.0 Å². The maximum Gasteiger partial charge on any atom is 0.335 e. The van der Waals surface area contributed by atoms with E-state index < -0.39 is 5.97 Å². The molecule has 2 fully saturated rings. The number of carbonyl (C=O) groups excluding carboxylic acids is 1. The molecule has 3 unspecified atom stereocenters. The Morgan fingerprint density at radius 2 is 1.90 bits per heavy atom. The Labute approximate surface area is 119 Å². The van der Waals surface area contributed by atoms with Crippen LogP contribution in [-0.4, -0.2) is 16.9 Å². The summed E-state index contributed by atoms with van der Waals surface area (Å²) >= 11 is 0. The summed E-state index contributed by atoms with van der Waals surface area (Å²) in [5, 5.41) is 9.37. The minimum Gasteiger partial charge on any atom is -0.478 e. The van der Waals surface area contributed by atoms with Crippen molar-refractivity contribution in [3.05, 3.63) is 35.4 Å². The monoisotopic (exact) mass is 272 g/mol. The van der Waals surface area contributed by atoms with Gasteiger partial charge in [0.25, 0.3) is 0 Å². The predicted octanol–water partition coefficient (Wildman–Crippen LogP) is 3.49. The molecule has 3 rings (SSSR count). The zero-order valence-electron chi connectivity index (χ0n) is 12.1. The number of Topliss-reactive ketones (excluding diaryl/α,β-unsaturated/α-hetero) is 1. The third kappa shape index (κ3) is 1.41. The van der Waals surface area contributed by atoms with Gasteiger partial charge in [0.15, 0.2) is 0 Å². The van der Waals surface area contributed by atoms with Crippen LogP contribution in [0.25, 0.3) is 0 Å². The Hall–Kier alpha value is -1.64. The van der Waals surface area contributed by atoms with E-state index in [1.165, 1.54) is 0 Å². The van der Waals surface area contributed by atoms with Crippen LogP contribution in [0.5, 0.6) is 0 Å². The minimum absolute atomic E-state index is 0.0552. The van der Waals surface area contributed by atoms with Crippen molar-refractivity contribution in [2.75, 3.05) is 0 Å². The van der Waals surface area contributed by atoms with Crippen LogP contribution >= 0.6 is 0 Å². The van der Waals surface area contributed by atoms with E-state index in [1.807, 2.05) is 12.1 Å². The normalized spacial score (nSPS) is 34.5. The number of benzene rings is 1. The predicted molar refractivity (Wildman–Crippen MR) is 75.8 cm³/mol. The third-order valence-electron chi connectivity index (χ3n) is 6.06. The summed E-state index contributed by atoms with van der Waals surface area (Å²) in [5.41, 5.74) is 0.609. The first-order valence-electron chi connectivity index (χ1n) is 7.17. The first-order chi connectivity index (χ1) is 9.30. The van der Waals surface area contributed by atoms with E-state index in [4.69, 9.17) is 0 Å². The fourth-order valence-corrected chi connectivity index (χ4v) is 4.41. The number of aromatic carboxylic acids is 1. The quantitative estimate of drug-likeness (QED) is 0.896. The lowest BCUT2D eigenvalue weighted by Gasteiger charge is -2.32. The highest BCUT2D eigenvalue weighted by Gasteiger charge is 2.66. The second-order valence-electron chi connectivity index (χ2n) is 6.93. The molecule has 2 saturated carbocycles. The van der Waals surface area contributed by atoms with E-state index in [1.54, 1.807) is 12.1 Å². The summed E-state index contributed by atoms with van der Waals surface area (Å²) in [6.45, 7) is 6.37. The largest absolute Gasteiger partial charge is 0.478 e. The number of carboxylic acid groups (broad SMARTS) is 1. The highest BCUT2D eigenvalue weighted by molar-refractivity contribution is 5.99. The van der Waals surface area contributed by atoms with Crippen LogP contribution in [-0.2, 0) is 4.79 Å². The zero-order valence-corrected chi connectivity index (χ0v) is 12.1. The van der Waals surface area contributed by atoms with Gasteiger partial charge in [0, 0.05) is 11.3 Å². The van der Waals surface area contributed by atoms with Crippen LogP contribution in [0, 0.1) is 16.7 Å². The number of hydrogen-bond acceptors (Lipinski definition) is 2. The number of carbonyl (C=O) groups is 2. The van der Waals surface area contributed by atoms with E-state index in [9.17, 15) is 14.7 Å². The lowest BCUT2D eigenvalue weighted by Crippen LogP contribution is -2.33. The molecule has 0 radical (unpaired) electrons. The molecule has 2 aliphatic carbocycles. The van der Waals surface area contributed by atoms with Gasteiger partial charge in [0.05, 0.1) is 5.56 Å². The van der Waals surface area contributed by atoms with Gasteiger partial charge in [0.2, 0.25) is 0 Å². The molecule has 20 heavy (non-hydrogen) atoms. The Bertz CT molecular complexity index is 602. The van der Waals surface area contributed by atoms with Gasteiger partial charge in [-0.2, -0.15) is 0 Å². The number of fused-ring (bicyclic) bond motifs is 2. The first kappa shape index (κ1) is 13.3. The van der Waals surface area contributed by atoms with E-state index in [0.29, 0.717) is 5.56 Å². The van der Waals surface area contributed by atoms with Crippen molar-refractivity contribution in [1.82, 2.24) is 0 Å². The fraction of sp³-hybridized carbons (Fsp3) is 0.529. The van der Waals surface area contributed by atoms with Gasteiger partial charge in [-0.05, 0) is 35.8 Å². The Kier molecular flexibility index (Phi) is 2.63. The van der Waals surface area contributed by atoms with Crippen LogP contribution in [0.4, 0.5) is 0 Å². The van der Waals surface area contributed by atoms with Crippen LogP contribution in [0.3, 0.4) is 0 Å². The van der Waals surface area contributed by atoms with Gasteiger partial charge in [-0.25, -0.2) is 4.79 Å². The zero-order chi connectivity index (χ0) is 14.7. The molecule has 2 bridgehead atoms. The van der Waals surface area contributed by atoms with Crippen molar-refractivity contribution in [2.45, 2.75) is 39.5 Å². The molecule has 3 atom stereocenters. The summed E-state index contributed by atoms with van der Waals surface area (Å²) < 4.78 is 0. The minimum atomic E-state index is -0.945. The van der Waals surface area contributed by atoms with Gasteiger partial charge in [0.1, 0.15) is 5.78 Å². The maximum absolute atomic E-state index is 12.9. The topological polar surface area (TPSA) is 54.4 Å². The maximum atomic E-state index is 12.9. The molecule has 0 saturated heterocycles. The van der Waals surface area contributed by atoms with E-state index in [0.717, 1.165) is 12.8 Å². The summed E-state index contributed by atoms with van der Waals surface area (Å²) in [4.78, 5) is 24.3. The molecular formula is C17H20O3. The van der Waals surface area contributed by atoms with Gasteiger partial charge in [-0.15, -0.1) is 0 Å². The third-order valence-corrected chi connectivity index (χ3v) is 6.06. The van der Waals surface area contributed by atoms with E-state index in [2.05, 4.69) is 20.8 Å². The van der Waals surface area contributed by atoms with Crippen LogP contribution < -0.4 is 0 Å². The molecule has 1 aromatic rings. The van der Waals surface area contributed by atoms with Crippen molar-refractivity contribution < 1.29 is 14.7 Å². The molecule has 1 aromatic carbocycles. The van der Waals surface area contributed by atoms with Crippen molar-refractivity contribution in [2.24, 2.45) is 16.7 Å². The number of hydrogen-bond donors (Lipinski definition) is 1. The van der Waals surface area contributed by atoms with Gasteiger partial charge < -0.3 is 5.11 Å². The highest BCUT2D eigenvalue weighted by Crippen LogP contribution is 2.68. The average molecular weight is 272 g/mol. The van der Waals surface area contributed by atoms with Crippen molar-refractivity contribution in [1.29, 1.82) is 0 Å². The molecule has 2 aliphatic rings. The Morgan fingerprint density at radius 3 is 2.45 bits per heavy atom. The van der Waals surface area contributed by atoms with Crippen LogP contribution in [0.1, 0.15) is 55.5 Å². The molecule has 0 spiro atoms. The van der Waals surface area contributed by atoms with Crippen molar-refractivity contribution >= 4 is 11.8 Å². The van der Waals surface area contributed by atoms with Crippen molar-refractivity contribution in [3.8, 4) is 0 Å². The smallest absolute Gasteiger partial charge is 0.335 e. The molecule has 0 aliphatic heterocycles. The lowest BCUT2D eigenvalue weighted by molar-refractivity contribution is -0.129. The highest BCUT2D eigenvalue weighted by atomic mass is 16.4. The summed E-state index contributed by atoms with van der Waals surface area (Å²) in [7, 11) is 0. The van der Waals surface area contributed by atoms with Crippen LogP contribution in [0.15, 0.2) is 24.3 Å². The Balaban J connectivity index is 2.14. The van der Waals surface area contributed by atoms with E-state index >= 15 is 0 Å². The van der Waals surface area contributed by atoms with Gasteiger partial charge in [-0.3, -0.25) is 4.79 Å². The molecule has 3 heteroatoms. The molecule has 1 N–H and O–H groups in total. The summed E-state index contributed by atoms with van der Waals surface area (Å²) in [5.74, 6) is -0.719. The number of ketones is 1. The fourth-order valence-electron chi connectivity index (χ4n) is 4.41. The molecule has 3 nitrogen and oxygen atoms in total. The van der Waals surface area contributed by atoms with Gasteiger partial charge >= 0.3 is 5.97 Å². The molecule has 0 aromatic heterocycles. The summed E-state index contributed by atoms with van der Waals surface area (Å²) in [6, 6.07) is 6.96. The number of rotatable bonds is 2. The van der Waals surface area contributed by atoms with Crippen molar-refractivity contribution in [3.63, 3.8) is 0 Å². The SMILES string of the molecule is CC12CCC(C(c3ccccc3C(=O)O)C1=O)C2(C)C. The molecule has 106 valence electrons. The Morgan fingerprint density at radius 1 is 1.25 bits per heavy atom. The molecular weight excluding hydrogens is 252 g/mol. The lowest BCUT2D eigenvalue weighted by atomic mass is 9.70. The first-order valence-corrected chi connectivity index (χ1v) is 7.17. The van der Waals surface area contributed by atoms with E-state index in [-0.39, 0.29) is 34.0 Å². The summed E-state index contributed by atoms with van der Waals surface area (Å²) in [6.07, 6.45) is 1.93. The number of carboxylic acids is 1. The second-order valence-corrected chi connectivity index (χ2v) is 6.93. The molecule has 0 heterocycles. The molecule has 0 amide bonds. The average Bonchev–Trinajstić information content (AvgIpc) is 2.71. The standard InChI is InChI=1S/C17H20O3/c1-16(2)12-8-9-17(16,3)14(18)13(12)10-6-4-5-7-11(10)15(19)20/h4-7,12-13H,8-9H2,1-3H3,(H,19,20).